The van der Waals surface area contributed by atoms with Gasteiger partial charge in [0, 0.05) is 25.1 Å². The van der Waals surface area contributed by atoms with E-state index in [-0.39, 0.29) is 18.0 Å². The lowest BCUT2D eigenvalue weighted by atomic mass is 9.98. The van der Waals surface area contributed by atoms with Crippen LogP contribution in [0.1, 0.15) is 64.0 Å². The minimum atomic E-state index is -1.18. The van der Waals surface area contributed by atoms with Gasteiger partial charge in [0.25, 0.3) is 0 Å². The number of nitrogens with two attached hydrogens (primary N) is 1. The van der Waals surface area contributed by atoms with E-state index in [0.717, 1.165) is 37.1 Å². The van der Waals surface area contributed by atoms with Crippen molar-refractivity contribution < 1.29 is 43.2 Å². The fraction of sp³-hybridized carbons (Fsp3) is 0.588. The first kappa shape index (κ1) is 39.5. The van der Waals surface area contributed by atoms with Crippen LogP contribution in [-0.2, 0) is 50.8 Å². The highest BCUT2D eigenvalue weighted by atomic mass is 28.4. The lowest BCUT2D eigenvalue weighted by Crippen LogP contribution is -2.41. The molecule has 2 fully saturated rings. The first-order valence-corrected chi connectivity index (χ1v) is 19.4. The Bertz CT molecular complexity index is 1160. The summed E-state index contributed by atoms with van der Waals surface area (Å²) < 4.78 is 28.7. The average Bonchev–Trinajstić information content (AvgIpc) is 3.64. The Hall–Kier alpha value is -2.68. The summed E-state index contributed by atoms with van der Waals surface area (Å²) in [6, 6.07) is 15.0. The molecule has 46 heavy (non-hydrogen) atoms. The summed E-state index contributed by atoms with van der Waals surface area (Å²) in [5.41, 5.74) is 11.6. The summed E-state index contributed by atoms with van der Waals surface area (Å²) in [5.74, 6) is -1.36. The van der Waals surface area contributed by atoms with Crippen molar-refractivity contribution in [2.24, 2.45) is 0 Å². The molecule has 12 heteroatoms. The molecule has 4 N–H and O–H groups in total. The molecule has 0 aliphatic carbocycles. The van der Waals surface area contributed by atoms with Crippen molar-refractivity contribution in [1.29, 1.82) is 0 Å². The first-order chi connectivity index (χ1) is 21.8. The highest BCUT2D eigenvalue weighted by molar-refractivity contribution is 6.69. The largest absolute Gasteiger partial charge is 0.418 e. The van der Waals surface area contributed by atoms with Crippen molar-refractivity contribution in [2.75, 3.05) is 44.2 Å². The number of rotatable bonds is 15. The van der Waals surface area contributed by atoms with Crippen LogP contribution in [0.15, 0.2) is 48.5 Å². The highest BCUT2D eigenvalue weighted by Crippen LogP contribution is 2.37. The normalized spacial score (nSPS) is 16.5. The van der Waals surface area contributed by atoms with Crippen molar-refractivity contribution in [1.82, 2.24) is 0 Å². The Labute approximate surface area is 275 Å². The highest BCUT2D eigenvalue weighted by Gasteiger charge is 2.46. The second kappa shape index (κ2) is 19.9. The van der Waals surface area contributed by atoms with E-state index in [1.165, 1.54) is 12.5 Å². The quantitative estimate of drug-likeness (QED) is 0.0646. The summed E-state index contributed by atoms with van der Waals surface area (Å²) in [6.07, 6.45) is 4.36. The number of aryl methyl sites for hydroxylation is 2. The molecule has 2 aliphatic heterocycles. The average molecular weight is 663 g/mol. The SMILES string of the molecule is CC(=O)CC(=O)CCc1ccc(NOO)cc1.CC1(CC2(CCc3ccc(N)cc3)OCCO2)OCCO1.CCCO[Si](C)(C)C. The van der Waals surface area contributed by atoms with E-state index in [4.69, 9.17) is 34.4 Å². The maximum atomic E-state index is 11.3. The summed E-state index contributed by atoms with van der Waals surface area (Å²) in [7, 11) is -1.18. The van der Waals surface area contributed by atoms with Gasteiger partial charge in [-0.15, -0.1) is 4.99 Å². The number of ether oxygens (including phenoxy) is 4. The van der Waals surface area contributed by atoms with Crippen molar-refractivity contribution >= 4 is 31.3 Å². The van der Waals surface area contributed by atoms with Gasteiger partial charge in [-0.25, -0.2) is 10.7 Å². The minimum Gasteiger partial charge on any atom is -0.418 e. The van der Waals surface area contributed by atoms with E-state index in [9.17, 15) is 9.59 Å². The molecule has 4 rings (SSSR count). The van der Waals surface area contributed by atoms with Crippen LogP contribution in [0, 0.1) is 0 Å². The molecule has 0 aromatic heterocycles. The van der Waals surface area contributed by atoms with E-state index in [0.29, 0.717) is 51.4 Å². The summed E-state index contributed by atoms with van der Waals surface area (Å²) in [5, 5.41) is 8.16. The zero-order valence-corrected chi connectivity index (χ0v) is 29.4. The molecule has 0 amide bonds. The fourth-order valence-electron chi connectivity index (χ4n) is 4.85. The molecule has 258 valence electrons. The molecule has 2 aromatic rings. The monoisotopic (exact) mass is 662 g/mol. The lowest BCUT2D eigenvalue weighted by molar-refractivity contribution is -0.244. The minimum absolute atomic E-state index is 0.0119. The number of nitrogens with one attached hydrogen (secondary N) is 1. The van der Waals surface area contributed by atoms with Gasteiger partial charge < -0.3 is 29.1 Å². The van der Waals surface area contributed by atoms with Gasteiger partial charge in [-0.05, 0) is 88.1 Å². The third-order valence-corrected chi connectivity index (χ3v) is 8.14. The molecule has 2 aromatic carbocycles. The van der Waals surface area contributed by atoms with Crippen LogP contribution in [0.4, 0.5) is 11.4 Å². The number of Topliss-reactive ketones (excluding diaryl/α,β-unsaturated/α-hetero) is 2. The second-order valence-electron chi connectivity index (χ2n) is 12.6. The van der Waals surface area contributed by atoms with E-state index in [2.05, 4.69) is 37.0 Å². The number of carbonyl (C=O) groups excluding carboxylic acids is 2. The van der Waals surface area contributed by atoms with Crippen molar-refractivity contribution in [3.63, 3.8) is 0 Å². The van der Waals surface area contributed by atoms with Crippen molar-refractivity contribution in [2.45, 2.75) is 96.9 Å². The van der Waals surface area contributed by atoms with E-state index in [1.807, 2.05) is 43.3 Å². The fourth-order valence-corrected chi connectivity index (χ4v) is 5.67. The molecule has 2 aliphatic rings. The van der Waals surface area contributed by atoms with Gasteiger partial charge in [-0.2, -0.15) is 0 Å². The summed E-state index contributed by atoms with van der Waals surface area (Å²) in [4.78, 5) is 25.8. The number of ketones is 2. The van der Waals surface area contributed by atoms with Gasteiger partial charge in [0.05, 0.1) is 45.0 Å². The molecule has 0 atom stereocenters. The third-order valence-electron chi connectivity index (χ3n) is 7.07. The van der Waals surface area contributed by atoms with Crippen LogP contribution in [0.3, 0.4) is 0 Å². The molecular weight excluding hydrogens is 608 g/mol. The maximum absolute atomic E-state index is 11.3. The van der Waals surface area contributed by atoms with Gasteiger partial charge in [0.2, 0.25) is 0 Å². The first-order valence-electron chi connectivity index (χ1n) is 16.0. The maximum Gasteiger partial charge on any atom is 0.183 e. The number of anilines is 2. The number of nitrogen functional groups attached to an aromatic ring is 1. The van der Waals surface area contributed by atoms with E-state index >= 15 is 0 Å². The van der Waals surface area contributed by atoms with Crippen LogP contribution < -0.4 is 11.2 Å². The number of hydrogen-bond donors (Lipinski definition) is 3. The van der Waals surface area contributed by atoms with Gasteiger partial charge in [0.1, 0.15) is 11.6 Å². The van der Waals surface area contributed by atoms with E-state index in [1.54, 1.807) is 12.1 Å². The van der Waals surface area contributed by atoms with Crippen LogP contribution in [0.2, 0.25) is 19.6 Å². The Morgan fingerprint density at radius 1 is 0.913 bits per heavy atom. The Morgan fingerprint density at radius 3 is 1.96 bits per heavy atom. The van der Waals surface area contributed by atoms with Gasteiger partial charge in [-0.1, -0.05) is 31.2 Å². The Morgan fingerprint density at radius 2 is 1.46 bits per heavy atom. The number of benzene rings is 2. The van der Waals surface area contributed by atoms with Gasteiger partial charge >= 0.3 is 0 Å². The molecule has 2 saturated heterocycles. The topological polar surface area (TPSA) is 148 Å². The lowest BCUT2D eigenvalue weighted by Gasteiger charge is -2.34. The van der Waals surface area contributed by atoms with Gasteiger partial charge in [-0.3, -0.25) is 9.59 Å². The van der Waals surface area contributed by atoms with Crippen LogP contribution >= 0.6 is 0 Å². The predicted molar refractivity (Wildman–Crippen MR) is 181 cm³/mol. The van der Waals surface area contributed by atoms with Crippen LogP contribution in [0.25, 0.3) is 0 Å². The number of hydrogen-bond acceptors (Lipinski definition) is 11. The third kappa shape index (κ3) is 16.2. The smallest absolute Gasteiger partial charge is 0.183 e. The van der Waals surface area contributed by atoms with Crippen molar-refractivity contribution in [3.05, 3.63) is 59.7 Å². The summed E-state index contributed by atoms with van der Waals surface area (Å²) in [6.45, 7) is 15.6. The summed E-state index contributed by atoms with van der Waals surface area (Å²) >= 11 is 0. The van der Waals surface area contributed by atoms with Gasteiger partial charge in [0.15, 0.2) is 19.9 Å². The number of carbonyl (C=O) groups is 2. The van der Waals surface area contributed by atoms with Crippen LogP contribution in [0.5, 0.6) is 0 Å². The molecule has 2 heterocycles. The molecule has 11 nitrogen and oxygen atoms in total. The Balaban J connectivity index is 0.000000265. The standard InChI is InChI=1S/C16H23NO4.C12H15NO4.C6H16OSi/c1-15(18-8-9-19-15)12-16(20-10-11-21-16)7-6-13-2-4-14(17)5-3-13;1-9(14)8-12(15)7-4-10-2-5-11(6-3-10)13-17-16;1-5-6-7-8(2,3)4/h2-5H,6-12,17H2,1H3;2-3,5-6,13,16H,4,7-8H2,1H3;5-6H2,1-4H3. The Kier molecular flexibility index (Phi) is 17.0. The molecule has 0 radical (unpaired) electrons. The predicted octanol–water partition coefficient (Wildman–Crippen LogP) is 6.33. The molecule has 0 bridgehead atoms. The zero-order valence-electron chi connectivity index (χ0n) is 28.4. The second-order valence-corrected chi connectivity index (χ2v) is 17.1. The zero-order chi connectivity index (χ0) is 34.1. The molecule has 0 unspecified atom stereocenters. The van der Waals surface area contributed by atoms with Crippen LogP contribution in [-0.4, -0.2) is 69.7 Å². The van der Waals surface area contributed by atoms with Crippen molar-refractivity contribution in [3.8, 4) is 0 Å². The molecule has 0 spiro atoms. The molecule has 0 saturated carbocycles. The van der Waals surface area contributed by atoms with E-state index < -0.39 is 19.9 Å². The molecular formula is C34H54N2O9Si.